The van der Waals surface area contributed by atoms with Crippen molar-refractivity contribution in [3.63, 3.8) is 0 Å². The summed E-state index contributed by atoms with van der Waals surface area (Å²) in [6.45, 7) is -1.92. The van der Waals surface area contributed by atoms with Crippen molar-refractivity contribution in [1.29, 1.82) is 0 Å². The van der Waals surface area contributed by atoms with E-state index in [1.54, 1.807) is 30.3 Å². The molecule has 2 saturated heterocycles. The van der Waals surface area contributed by atoms with Gasteiger partial charge in [0.05, 0.1) is 5.54 Å². The van der Waals surface area contributed by atoms with Crippen LogP contribution in [-0.2, 0) is 26.4 Å². The number of benzene rings is 2. The van der Waals surface area contributed by atoms with Crippen LogP contribution in [0.3, 0.4) is 0 Å². The van der Waals surface area contributed by atoms with Crippen LogP contribution in [0.1, 0.15) is 47.2 Å². The van der Waals surface area contributed by atoms with Crippen LogP contribution in [0.25, 0.3) is 0 Å². The zero-order valence-corrected chi connectivity index (χ0v) is 20.3. The van der Waals surface area contributed by atoms with E-state index < -0.39 is 30.1 Å². The van der Waals surface area contributed by atoms with Crippen LogP contribution >= 0.6 is 0 Å². The highest BCUT2D eigenvalue weighted by atomic mass is 19.3. The second kappa shape index (κ2) is 10.4. The zero-order valence-electron chi connectivity index (χ0n) is 20.3. The molecule has 38 heavy (non-hydrogen) atoms. The minimum atomic E-state index is -2.93. The third kappa shape index (κ3) is 5.17. The van der Waals surface area contributed by atoms with Crippen LogP contribution in [0.4, 0.5) is 19.3 Å². The number of fused-ring (bicyclic) bond motifs is 1. The van der Waals surface area contributed by atoms with Gasteiger partial charge in [-0.1, -0.05) is 12.1 Å². The number of hydrogen-bond acceptors (Lipinski definition) is 6. The number of anilines is 1. The molecule has 0 bridgehead atoms. The number of urea groups is 1. The fraction of sp³-hybridized carbons (Fsp3) is 0.385. The molecule has 2 aromatic carbocycles. The summed E-state index contributed by atoms with van der Waals surface area (Å²) in [5.74, 6) is -1.12. The molecular formula is C26H26F2N4O6. The molecule has 2 fully saturated rings. The van der Waals surface area contributed by atoms with Gasteiger partial charge in [-0.2, -0.15) is 8.78 Å². The summed E-state index contributed by atoms with van der Waals surface area (Å²) in [7, 11) is 0. The lowest BCUT2D eigenvalue weighted by Gasteiger charge is -2.38. The average Bonchev–Trinajstić information content (AvgIpc) is 3.20. The maximum Gasteiger partial charge on any atom is 0.387 e. The van der Waals surface area contributed by atoms with Crippen molar-refractivity contribution in [2.24, 2.45) is 0 Å². The van der Waals surface area contributed by atoms with E-state index in [4.69, 9.17) is 4.74 Å². The molecule has 2 aromatic rings. The van der Waals surface area contributed by atoms with Gasteiger partial charge in [-0.15, -0.1) is 0 Å². The number of alkyl halides is 2. The minimum Gasteiger partial charge on any atom is -0.435 e. The van der Waals surface area contributed by atoms with E-state index in [1.807, 2.05) is 0 Å². The van der Waals surface area contributed by atoms with Crippen molar-refractivity contribution in [2.45, 2.75) is 50.4 Å². The third-order valence-corrected chi connectivity index (χ3v) is 7.11. The number of ether oxygens (including phenoxy) is 2. The smallest absolute Gasteiger partial charge is 0.387 e. The van der Waals surface area contributed by atoms with Crippen LogP contribution in [0.2, 0.25) is 0 Å². The zero-order chi connectivity index (χ0) is 26.9. The number of nitrogens with one attached hydrogen (secondary N) is 3. The molecule has 5 amide bonds. The van der Waals surface area contributed by atoms with Gasteiger partial charge in [0.2, 0.25) is 11.8 Å². The van der Waals surface area contributed by atoms with Gasteiger partial charge in [0.15, 0.2) is 0 Å². The van der Waals surface area contributed by atoms with Crippen LogP contribution in [0.5, 0.6) is 5.75 Å². The van der Waals surface area contributed by atoms with Gasteiger partial charge in [0, 0.05) is 37.4 Å². The summed E-state index contributed by atoms with van der Waals surface area (Å²) in [5, 5.41) is 8.10. The maximum absolute atomic E-state index is 13.1. The predicted octanol–water partition coefficient (Wildman–Crippen LogP) is 2.88. The van der Waals surface area contributed by atoms with Crippen molar-refractivity contribution >= 4 is 29.4 Å². The van der Waals surface area contributed by atoms with Gasteiger partial charge in [-0.3, -0.25) is 19.7 Å². The first-order valence-corrected chi connectivity index (χ1v) is 12.2. The van der Waals surface area contributed by atoms with Gasteiger partial charge >= 0.3 is 12.6 Å². The van der Waals surface area contributed by atoms with Crippen LogP contribution in [-0.4, -0.2) is 54.5 Å². The number of carbonyl (C=O) groups excluding carboxylic acids is 4. The Morgan fingerprint density at radius 3 is 2.53 bits per heavy atom. The summed E-state index contributed by atoms with van der Waals surface area (Å²) < 4.78 is 35.0. The van der Waals surface area contributed by atoms with E-state index in [0.29, 0.717) is 42.9 Å². The summed E-state index contributed by atoms with van der Waals surface area (Å²) in [5.41, 5.74) is 1.51. The minimum absolute atomic E-state index is 0.0226. The van der Waals surface area contributed by atoms with Crippen molar-refractivity contribution < 1.29 is 37.4 Å². The first-order chi connectivity index (χ1) is 18.2. The van der Waals surface area contributed by atoms with Crippen molar-refractivity contribution in [3.05, 3.63) is 59.2 Å². The molecule has 1 unspecified atom stereocenters. The molecule has 12 heteroatoms. The molecule has 0 radical (unpaired) electrons. The number of nitrogens with zero attached hydrogens (tertiary/aromatic N) is 1. The van der Waals surface area contributed by atoms with Gasteiger partial charge in [0.25, 0.3) is 5.91 Å². The fourth-order valence-corrected chi connectivity index (χ4v) is 5.19. The summed E-state index contributed by atoms with van der Waals surface area (Å²) in [4.78, 5) is 51.1. The molecule has 10 nitrogen and oxygen atoms in total. The van der Waals surface area contributed by atoms with Crippen molar-refractivity contribution in [3.8, 4) is 5.75 Å². The standard InChI is InChI=1S/C26H26F2N4O6/c27-24(28)38-18-4-1-16(2-5-18)26(9-11-37-12-10-26)31-25(36)29-17-3-6-19-15(13-17)14-32(23(19)35)20-7-8-21(33)30-22(20)34/h1-6,13,20,24H,7-12,14H2,(H2,29,31,36)(H,30,33,34). The molecule has 3 aliphatic rings. The molecule has 5 rings (SSSR count). The Morgan fingerprint density at radius 2 is 1.84 bits per heavy atom. The number of hydrogen-bond donors (Lipinski definition) is 3. The molecule has 0 saturated carbocycles. The molecule has 1 atom stereocenters. The van der Waals surface area contributed by atoms with E-state index in [2.05, 4.69) is 20.7 Å². The first-order valence-electron chi connectivity index (χ1n) is 12.2. The monoisotopic (exact) mass is 528 g/mol. The van der Waals surface area contributed by atoms with E-state index >= 15 is 0 Å². The van der Waals surface area contributed by atoms with Crippen molar-refractivity contribution in [1.82, 2.24) is 15.5 Å². The fourth-order valence-electron chi connectivity index (χ4n) is 5.19. The Morgan fingerprint density at radius 1 is 1.11 bits per heavy atom. The number of amides is 5. The molecule has 3 heterocycles. The quantitative estimate of drug-likeness (QED) is 0.495. The van der Waals surface area contributed by atoms with Crippen LogP contribution in [0, 0.1) is 0 Å². The molecule has 200 valence electrons. The lowest BCUT2D eigenvalue weighted by molar-refractivity contribution is -0.136. The van der Waals surface area contributed by atoms with E-state index in [0.717, 1.165) is 5.56 Å². The number of halogens is 2. The average molecular weight is 529 g/mol. The highest BCUT2D eigenvalue weighted by Gasteiger charge is 2.39. The third-order valence-electron chi connectivity index (χ3n) is 7.11. The molecule has 0 spiro atoms. The maximum atomic E-state index is 13.1. The van der Waals surface area contributed by atoms with Crippen molar-refractivity contribution in [2.75, 3.05) is 18.5 Å². The Bertz CT molecular complexity index is 1260. The highest BCUT2D eigenvalue weighted by molar-refractivity contribution is 6.05. The Kier molecular flexibility index (Phi) is 6.98. The van der Waals surface area contributed by atoms with Crippen LogP contribution < -0.4 is 20.7 Å². The Balaban J connectivity index is 1.28. The second-order valence-electron chi connectivity index (χ2n) is 9.45. The molecular weight excluding hydrogens is 502 g/mol. The van der Waals surface area contributed by atoms with Gasteiger partial charge < -0.3 is 25.0 Å². The number of imide groups is 1. The molecule has 3 N–H and O–H groups in total. The van der Waals surface area contributed by atoms with Crippen LogP contribution in [0.15, 0.2) is 42.5 Å². The Labute approximate surface area is 216 Å². The topological polar surface area (TPSA) is 126 Å². The molecule has 3 aliphatic heterocycles. The highest BCUT2D eigenvalue weighted by Crippen LogP contribution is 2.34. The summed E-state index contributed by atoms with van der Waals surface area (Å²) in [6.07, 6.45) is 1.39. The second-order valence-corrected chi connectivity index (χ2v) is 9.45. The lowest BCUT2D eigenvalue weighted by Crippen LogP contribution is -2.52. The summed E-state index contributed by atoms with van der Waals surface area (Å²) in [6, 6.07) is 9.86. The molecule has 0 aliphatic carbocycles. The van der Waals surface area contributed by atoms with Gasteiger partial charge in [-0.05, 0) is 60.7 Å². The van der Waals surface area contributed by atoms with E-state index in [9.17, 15) is 28.0 Å². The number of carbonyl (C=O) groups is 4. The van der Waals surface area contributed by atoms with Gasteiger partial charge in [-0.25, -0.2) is 4.79 Å². The summed E-state index contributed by atoms with van der Waals surface area (Å²) >= 11 is 0. The largest absolute Gasteiger partial charge is 0.435 e. The number of rotatable bonds is 6. The number of piperidine rings is 1. The van der Waals surface area contributed by atoms with Gasteiger partial charge in [0.1, 0.15) is 11.8 Å². The Hall–Kier alpha value is -4.06. The normalized spacial score (nSPS) is 20.7. The SMILES string of the molecule is O=C1CCC(N2Cc3cc(NC(=O)NC4(c5ccc(OC(F)F)cc5)CCOCC4)ccc3C2=O)C(=O)N1. The van der Waals surface area contributed by atoms with E-state index in [-0.39, 0.29) is 37.0 Å². The first kappa shape index (κ1) is 25.6. The lowest BCUT2D eigenvalue weighted by atomic mass is 9.82. The predicted molar refractivity (Wildman–Crippen MR) is 129 cm³/mol. The molecule has 0 aromatic heterocycles. The van der Waals surface area contributed by atoms with E-state index in [1.165, 1.54) is 17.0 Å².